The number of pyridine rings is 1. The molecule has 0 aliphatic carbocycles. The molecular weight excluding hydrogens is 452 g/mol. The maximum absolute atomic E-state index is 13.2. The highest BCUT2D eigenvalue weighted by molar-refractivity contribution is 7.94. The molecule has 0 radical (unpaired) electrons. The standard InChI is InChI=1S/C22H21ClN4O4S/c1-31-21-10-16(6-8-24-21)12-27(20-7-9-32(29,30)15-20)22(28)14-26-13-18(11-25-26)17-2-4-19(23)5-3-17/h2-11,13,20H,12,14-15H2,1H3. The summed E-state index contributed by atoms with van der Waals surface area (Å²) in [5.74, 6) is 0.0262. The summed E-state index contributed by atoms with van der Waals surface area (Å²) in [5.41, 5.74) is 2.56. The van der Waals surface area contributed by atoms with E-state index in [0.717, 1.165) is 22.1 Å². The summed E-state index contributed by atoms with van der Waals surface area (Å²) in [4.78, 5) is 18.9. The van der Waals surface area contributed by atoms with Crippen LogP contribution in [0.15, 0.2) is 66.5 Å². The minimum atomic E-state index is -3.33. The number of carbonyl (C=O) groups is 1. The van der Waals surface area contributed by atoms with Gasteiger partial charge in [0.2, 0.25) is 11.8 Å². The fourth-order valence-corrected chi connectivity index (χ4v) is 4.90. The number of hydrogen-bond acceptors (Lipinski definition) is 6. The Bertz CT molecular complexity index is 1250. The summed E-state index contributed by atoms with van der Waals surface area (Å²) in [6, 6.07) is 10.3. The topological polar surface area (TPSA) is 94.4 Å². The third-order valence-electron chi connectivity index (χ3n) is 5.10. The molecular formula is C22H21ClN4O4S. The van der Waals surface area contributed by atoms with Crippen molar-refractivity contribution in [3.05, 3.63) is 77.1 Å². The first-order valence-corrected chi connectivity index (χ1v) is 11.9. The zero-order valence-corrected chi connectivity index (χ0v) is 18.8. The fourth-order valence-electron chi connectivity index (χ4n) is 3.47. The number of aromatic nitrogens is 3. The lowest BCUT2D eigenvalue weighted by molar-refractivity contribution is -0.133. The van der Waals surface area contributed by atoms with Gasteiger partial charge in [0.05, 0.1) is 25.1 Å². The first-order valence-electron chi connectivity index (χ1n) is 9.81. The van der Waals surface area contributed by atoms with Gasteiger partial charge in [0, 0.05) is 41.0 Å². The Labute approximate surface area is 191 Å². The Kier molecular flexibility index (Phi) is 6.29. The highest BCUT2D eigenvalue weighted by Gasteiger charge is 2.30. The molecule has 166 valence electrons. The Morgan fingerprint density at radius 1 is 1.25 bits per heavy atom. The summed E-state index contributed by atoms with van der Waals surface area (Å²) >= 11 is 5.94. The normalized spacial score (nSPS) is 16.8. The van der Waals surface area contributed by atoms with Crippen molar-refractivity contribution in [2.75, 3.05) is 12.9 Å². The van der Waals surface area contributed by atoms with Crippen LogP contribution in [-0.2, 0) is 27.7 Å². The Morgan fingerprint density at radius 3 is 2.72 bits per heavy atom. The molecule has 4 rings (SSSR count). The number of ether oxygens (including phenoxy) is 1. The van der Waals surface area contributed by atoms with Crippen molar-refractivity contribution in [3.8, 4) is 17.0 Å². The molecule has 32 heavy (non-hydrogen) atoms. The minimum absolute atomic E-state index is 0.0276. The number of methoxy groups -OCH3 is 1. The summed E-state index contributed by atoms with van der Waals surface area (Å²) < 4.78 is 30.7. The van der Waals surface area contributed by atoms with E-state index in [9.17, 15) is 13.2 Å². The second kappa shape index (κ2) is 9.13. The van der Waals surface area contributed by atoms with Crippen LogP contribution in [-0.4, -0.2) is 52.9 Å². The molecule has 0 fully saturated rings. The van der Waals surface area contributed by atoms with Crippen molar-refractivity contribution in [1.82, 2.24) is 19.7 Å². The van der Waals surface area contributed by atoms with Gasteiger partial charge in [0.25, 0.3) is 0 Å². The fraction of sp³-hybridized carbons (Fsp3) is 0.227. The van der Waals surface area contributed by atoms with Gasteiger partial charge in [-0.15, -0.1) is 0 Å². The van der Waals surface area contributed by atoms with Crippen LogP contribution in [0.3, 0.4) is 0 Å². The molecule has 3 heterocycles. The van der Waals surface area contributed by atoms with Crippen LogP contribution in [0.1, 0.15) is 5.56 Å². The SMILES string of the molecule is COc1cc(CN(C(=O)Cn2cc(-c3ccc(Cl)cc3)cn2)C2C=CS(=O)(=O)C2)ccn1. The van der Waals surface area contributed by atoms with E-state index in [1.54, 1.807) is 58.5 Å². The van der Waals surface area contributed by atoms with E-state index in [0.29, 0.717) is 10.9 Å². The number of amides is 1. The zero-order chi connectivity index (χ0) is 22.7. The third-order valence-corrected chi connectivity index (χ3v) is 6.73. The van der Waals surface area contributed by atoms with Crippen LogP contribution < -0.4 is 4.74 Å². The molecule has 10 heteroatoms. The van der Waals surface area contributed by atoms with Crippen LogP contribution in [0.2, 0.25) is 5.02 Å². The highest BCUT2D eigenvalue weighted by atomic mass is 35.5. The number of benzene rings is 1. The van der Waals surface area contributed by atoms with Gasteiger partial charge in [-0.05, 0) is 35.4 Å². The quantitative estimate of drug-likeness (QED) is 0.524. The Morgan fingerprint density at radius 2 is 2.03 bits per heavy atom. The molecule has 0 spiro atoms. The molecule has 1 aliphatic heterocycles. The van der Waals surface area contributed by atoms with E-state index >= 15 is 0 Å². The predicted molar refractivity (Wildman–Crippen MR) is 121 cm³/mol. The highest BCUT2D eigenvalue weighted by Crippen LogP contribution is 2.22. The lowest BCUT2D eigenvalue weighted by atomic mass is 10.1. The molecule has 2 aromatic heterocycles. The van der Waals surface area contributed by atoms with Gasteiger partial charge in [0.15, 0.2) is 9.84 Å². The van der Waals surface area contributed by atoms with Gasteiger partial charge in [-0.1, -0.05) is 23.7 Å². The van der Waals surface area contributed by atoms with Crippen molar-refractivity contribution in [1.29, 1.82) is 0 Å². The third kappa shape index (κ3) is 5.17. The molecule has 0 N–H and O–H groups in total. The Hall–Kier alpha value is -3.17. The lowest BCUT2D eigenvalue weighted by Crippen LogP contribution is -2.42. The van der Waals surface area contributed by atoms with Gasteiger partial charge in [0.1, 0.15) is 6.54 Å². The average molecular weight is 473 g/mol. The first kappa shape index (κ1) is 22.0. The van der Waals surface area contributed by atoms with Crippen molar-refractivity contribution in [3.63, 3.8) is 0 Å². The lowest BCUT2D eigenvalue weighted by Gasteiger charge is -2.27. The maximum Gasteiger partial charge on any atom is 0.245 e. The van der Waals surface area contributed by atoms with Crippen molar-refractivity contribution in [2.24, 2.45) is 0 Å². The van der Waals surface area contributed by atoms with Crippen LogP contribution in [0.25, 0.3) is 11.1 Å². The van der Waals surface area contributed by atoms with Crippen LogP contribution in [0.4, 0.5) is 0 Å². The monoisotopic (exact) mass is 472 g/mol. The van der Waals surface area contributed by atoms with Crippen molar-refractivity contribution < 1.29 is 17.9 Å². The summed E-state index contributed by atoms with van der Waals surface area (Å²) in [5, 5.41) is 6.10. The van der Waals surface area contributed by atoms with Gasteiger partial charge in [-0.3, -0.25) is 9.48 Å². The number of halogens is 1. The van der Waals surface area contributed by atoms with Gasteiger partial charge >= 0.3 is 0 Å². The molecule has 1 amide bonds. The maximum atomic E-state index is 13.2. The van der Waals surface area contributed by atoms with Crippen LogP contribution >= 0.6 is 11.6 Å². The van der Waals surface area contributed by atoms with Crippen molar-refractivity contribution >= 4 is 27.3 Å². The minimum Gasteiger partial charge on any atom is -0.481 e. The number of rotatable bonds is 7. The van der Waals surface area contributed by atoms with E-state index < -0.39 is 15.9 Å². The molecule has 0 saturated heterocycles. The number of sulfone groups is 1. The molecule has 8 nitrogen and oxygen atoms in total. The molecule has 1 unspecified atom stereocenters. The molecule has 1 aromatic carbocycles. The number of carbonyl (C=O) groups excluding carboxylic acids is 1. The molecule has 1 aliphatic rings. The average Bonchev–Trinajstić information content (AvgIpc) is 3.38. The zero-order valence-electron chi connectivity index (χ0n) is 17.3. The molecule has 0 bridgehead atoms. The van der Waals surface area contributed by atoms with Gasteiger partial charge in [-0.25, -0.2) is 13.4 Å². The van der Waals surface area contributed by atoms with E-state index in [1.807, 2.05) is 12.1 Å². The number of nitrogens with zero attached hydrogens (tertiary/aromatic N) is 4. The van der Waals surface area contributed by atoms with E-state index in [4.69, 9.17) is 16.3 Å². The van der Waals surface area contributed by atoms with Crippen LogP contribution in [0.5, 0.6) is 5.88 Å². The Balaban J connectivity index is 1.55. The molecule has 0 saturated carbocycles. The molecule has 1 atom stereocenters. The van der Waals surface area contributed by atoms with E-state index in [-0.39, 0.29) is 24.7 Å². The predicted octanol–water partition coefficient (Wildman–Crippen LogP) is 2.95. The molecule has 3 aromatic rings. The second-order valence-corrected chi connectivity index (χ2v) is 9.75. The first-order chi connectivity index (χ1) is 15.3. The summed E-state index contributed by atoms with van der Waals surface area (Å²) in [6.45, 7) is 0.188. The van der Waals surface area contributed by atoms with Crippen LogP contribution in [0, 0.1) is 0 Å². The largest absolute Gasteiger partial charge is 0.481 e. The van der Waals surface area contributed by atoms with E-state index in [2.05, 4.69) is 10.1 Å². The summed E-state index contributed by atoms with van der Waals surface area (Å²) in [6.07, 6.45) is 6.59. The summed E-state index contributed by atoms with van der Waals surface area (Å²) in [7, 11) is -1.82. The smallest absolute Gasteiger partial charge is 0.245 e. The number of hydrogen-bond donors (Lipinski definition) is 0. The van der Waals surface area contributed by atoms with Gasteiger partial charge < -0.3 is 9.64 Å². The van der Waals surface area contributed by atoms with E-state index in [1.165, 1.54) is 7.11 Å². The van der Waals surface area contributed by atoms with Crippen molar-refractivity contribution in [2.45, 2.75) is 19.1 Å². The van der Waals surface area contributed by atoms with Gasteiger partial charge in [-0.2, -0.15) is 5.10 Å². The second-order valence-electron chi connectivity index (χ2n) is 7.39.